The third-order valence-corrected chi connectivity index (χ3v) is 2.81. The Kier molecular flexibility index (Phi) is 3.17. The standard InChI is InChI=1S/C12H14F3NO/c1-8-5-10(6-8)16-9-3-2-4-11(7-9)17-12(13,14)15/h2-4,7-8,10,16H,5-6H2,1H3. The summed E-state index contributed by atoms with van der Waals surface area (Å²) in [6.07, 6.45) is -2.52. The van der Waals surface area contributed by atoms with Crippen molar-refractivity contribution < 1.29 is 17.9 Å². The summed E-state index contributed by atoms with van der Waals surface area (Å²) in [6, 6.07) is 6.32. The van der Waals surface area contributed by atoms with Gasteiger partial charge < -0.3 is 10.1 Å². The first-order valence-corrected chi connectivity index (χ1v) is 5.55. The largest absolute Gasteiger partial charge is 0.573 e. The Morgan fingerprint density at radius 2 is 2.00 bits per heavy atom. The summed E-state index contributed by atoms with van der Waals surface area (Å²) in [5.74, 6) is 0.511. The predicted octanol–water partition coefficient (Wildman–Crippen LogP) is 3.80. The molecule has 0 radical (unpaired) electrons. The molecule has 0 unspecified atom stereocenters. The quantitative estimate of drug-likeness (QED) is 0.874. The van der Waals surface area contributed by atoms with Crippen LogP contribution >= 0.6 is 0 Å². The van der Waals surface area contributed by atoms with Gasteiger partial charge in [0.05, 0.1) is 0 Å². The van der Waals surface area contributed by atoms with Crippen molar-refractivity contribution in [1.29, 1.82) is 0 Å². The fourth-order valence-corrected chi connectivity index (χ4v) is 2.04. The van der Waals surface area contributed by atoms with E-state index in [0.29, 0.717) is 17.6 Å². The van der Waals surface area contributed by atoms with E-state index < -0.39 is 6.36 Å². The summed E-state index contributed by atoms with van der Waals surface area (Å²) in [7, 11) is 0. The Balaban J connectivity index is 1.96. The molecule has 2 nitrogen and oxygen atoms in total. The van der Waals surface area contributed by atoms with Gasteiger partial charge in [-0.25, -0.2) is 0 Å². The second kappa shape index (κ2) is 4.47. The Morgan fingerprint density at radius 3 is 2.59 bits per heavy atom. The molecule has 0 saturated heterocycles. The maximum atomic E-state index is 12.0. The molecule has 0 aromatic heterocycles. The number of ether oxygens (including phenoxy) is 1. The molecule has 1 aliphatic carbocycles. The summed E-state index contributed by atoms with van der Waals surface area (Å²) < 4.78 is 39.9. The maximum absolute atomic E-state index is 12.0. The lowest BCUT2D eigenvalue weighted by molar-refractivity contribution is -0.274. The monoisotopic (exact) mass is 245 g/mol. The minimum absolute atomic E-state index is 0.185. The predicted molar refractivity (Wildman–Crippen MR) is 58.9 cm³/mol. The molecule has 0 aliphatic heterocycles. The molecule has 2 rings (SSSR count). The number of nitrogens with one attached hydrogen (secondary N) is 1. The van der Waals surface area contributed by atoms with E-state index in [1.165, 1.54) is 12.1 Å². The molecule has 1 fully saturated rings. The van der Waals surface area contributed by atoms with Gasteiger partial charge in [-0.2, -0.15) is 0 Å². The highest BCUT2D eigenvalue weighted by Crippen LogP contribution is 2.31. The van der Waals surface area contributed by atoms with Crippen LogP contribution in [0.3, 0.4) is 0 Å². The molecule has 5 heteroatoms. The van der Waals surface area contributed by atoms with Crippen LogP contribution in [0.15, 0.2) is 24.3 Å². The molecule has 0 heterocycles. The summed E-state index contributed by atoms with van der Waals surface area (Å²) in [5, 5.41) is 3.19. The lowest BCUT2D eigenvalue weighted by Crippen LogP contribution is -2.33. The van der Waals surface area contributed by atoms with Crippen molar-refractivity contribution >= 4 is 5.69 Å². The Labute approximate surface area is 97.8 Å². The van der Waals surface area contributed by atoms with Crippen LogP contribution < -0.4 is 10.1 Å². The second-order valence-electron chi connectivity index (χ2n) is 4.49. The number of benzene rings is 1. The van der Waals surface area contributed by atoms with E-state index >= 15 is 0 Å². The van der Waals surface area contributed by atoms with E-state index in [9.17, 15) is 13.2 Å². The van der Waals surface area contributed by atoms with Gasteiger partial charge in [-0.3, -0.25) is 0 Å². The third kappa shape index (κ3) is 3.54. The Morgan fingerprint density at radius 1 is 1.29 bits per heavy atom. The lowest BCUT2D eigenvalue weighted by atomic mass is 9.82. The van der Waals surface area contributed by atoms with Gasteiger partial charge in [0.2, 0.25) is 0 Å². The van der Waals surface area contributed by atoms with Crippen molar-refractivity contribution in [2.45, 2.75) is 32.2 Å². The average molecular weight is 245 g/mol. The number of hydrogen-bond donors (Lipinski definition) is 1. The normalized spacial score (nSPS) is 24.0. The minimum Gasteiger partial charge on any atom is -0.406 e. The van der Waals surface area contributed by atoms with Crippen LogP contribution in [0, 0.1) is 5.92 Å². The van der Waals surface area contributed by atoms with Gasteiger partial charge in [-0.1, -0.05) is 13.0 Å². The summed E-state index contributed by atoms with van der Waals surface area (Å²) >= 11 is 0. The molecular formula is C12H14F3NO. The van der Waals surface area contributed by atoms with E-state index in [0.717, 1.165) is 12.8 Å². The molecule has 0 amide bonds. The van der Waals surface area contributed by atoms with E-state index in [4.69, 9.17) is 0 Å². The van der Waals surface area contributed by atoms with Crippen molar-refractivity contribution in [3.8, 4) is 5.75 Å². The molecule has 1 aromatic rings. The van der Waals surface area contributed by atoms with Crippen LogP contribution in [0.5, 0.6) is 5.75 Å². The third-order valence-electron chi connectivity index (χ3n) is 2.81. The number of halogens is 3. The molecule has 0 spiro atoms. The van der Waals surface area contributed by atoms with Crippen LogP contribution in [-0.2, 0) is 0 Å². The first kappa shape index (κ1) is 12.1. The topological polar surface area (TPSA) is 21.3 Å². The summed E-state index contributed by atoms with van der Waals surface area (Å²) in [6.45, 7) is 2.15. The highest BCUT2D eigenvalue weighted by molar-refractivity contribution is 5.49. The fraction of sp³-hybridized carbons (Fsp3) is 0.500. The van der Waals surface area contributed by atoms with Crippen LogP contribution in [0.2, 0.25) is 0 Å². The molecule has 0 atom stereocenters. The first-order chi connectivity index (χ1) is 7.92. The van der Waals surface area contributed by atoms with Crippen molar-refractivity contribution in [2.75, 3.05) is 5.32 Å². The Bertz CT molecular complexity index is 386. The SMILES string of the molecule is CC1CC(Nc2cccc(OC(F)(F)F)c2)C1. The van der Waals surface area contributed by atoms with Crippen molar-refractivity contribution in [3.63, 3.8) is 0 Å². The van der Waals surface area contributed by atoms with E-state index in [-0.39, 0.29) is 5.75 Å². The molecule has 17 heavy (non-hydrogen) atoms. The minimum atomic E-state index is -4.64. The molecule has 1 aromatic carbocycles. The van der Waals surface area contributed by atoms with E-state index in [1.807, 2.05) is 0 Å². The van der Waals surface area contributed by atoms with Crippen molar-refractivity contribution in [3.05, 3.63) is 24.3 Å². The van der Waals surface area contributed by atoms with Gasteiger partial charge in [0.1, 0.15) is 5.75 Å². The van der Waals surface area contributed by atoms with E-state index in [2.05, 4.69) is 17.0 Å². The zero-order chi connectivity index (χ0) is 12.5. The zero-order valence-corrected chi connectivity index (χ0v) is 9.42. The van der Waals surface area contributed by atoms with Crippen LogP contribution in [0.25, 0.3) is 0 Å². The summed E-state index contributed by atoms with van der Waals surface area (Å²) in [5.41, 5.74) is 0.670. The number of anilines is 1. The van der Waals surface area contributed by atoms with Crippen LogP contribution in [0.1, 0.15) is 19.8 Å². The number of hydrogen-bond acceptors (Lipinski definition) is 2. The second-order valence-corrected chi connectivity index (χ2v) is 4.49. The average Bonchev–Trinajstić information content (AvgIpc) is 2.13. The lowest BCUT2D eigenvalue weighted by Gasteiger charge is -2.34. The fourth-order valence-electron chi connectivity index (χ4n) is 2.04. The molecule has 1 N–H and O–H groups in total. The molecule has 1 aliphatic rings. The molecule has 1 saturated carbocycles. The molecule has 0 bridgehead atoms. The number of alkyl halides is 3. The zero-order valence-electron chi connectivity index (χ0n) is 9.42. The van der Waals surface area contributed by atoms with Crippen molar-refractivity contribution in [2.24, 2.45) is 5.92 Å². The van der Waals surface area contributed by atoms with E-state index in [1.54, 1.807) is 12.1 Å². The number of rotatable bonds is 3. The first-order valence-electron chi connectivity index (χ1n) is 5.55. The summed E-state index contributed by atoms with van der Waals surface area (Å²) in [4.78, 5) is 0. The Hall–Kier alpha value is -1.39. The van der Waals surface area contributed by atoms with Gasteiger partial charge >= 0.3 is 6.36 Å². The van der Waals surface area contributed by atoms with Crippen LogP contribution in [0.4, 0.5) is 18.9 Å². The van der Waals surface area contributed by atoms with Gasteiger partial charge in [0, 0.05) is 17.8 Å². The maximum Gasteiger partial charge on any atom is 0.573 e. The molecule has 94 valence electrons. The molecular weight excluding hydrogens is 231 g/mol. The highest BCUT2D eigenvalue weighted by atomic mass is 19.4. The smallest absolute Gasteiger partial charge is 0.406 e. The van der Waals surface area contributed by atoms with Gasteiger partial charge in [0.25, 0.3) is 0 Å². The van der Waals surface area contributed by atoms with Gasteiger partial charge in [-0.05, 0) is 30.9 Å². The van der Waals surface area contributed by atoms with Crippen LogP contribution in [-0.4, -0.2) is 12.4 Å². The van der Waals surface area contributed by atoms with Crippen molar-refractivity contribution in [1.82, 2.24) is 0 Å². The van der Waals surface area contributed by atoms with Gasteiger partial charge in [-0.15, -0.1) is 13.2 Å². The highest BCUT2D eigenvalue weighted by Gasteiger charge is 2.31. The van der Waals surface area contributed by atoms with Gasteiger partial charge in [0.15, 0.2) is 0 Å².